The average molecular weight is 375 g/mol. The van der Waals surface area contributed by atoms with E-state index in [0.717, 1.165) is 16.9 Å². The van der Waals surface area contributed by atoms with E-state index in [1.165, 1.54) is 5.56 Å². The normalized spacial score (nSPS) is 14.5. The van der Waals surface area contributed by atoms with Gasteiger partial charge in [0.25, 0.3) is 11.8 Å². The minimum Gasteiger partial charge on any atom is -0.350 e. The fraction of sp³-hybridized carbons (Fsp3) is 0.158. The zero-order valence-electron chi connectivity index (χ0n) is 13.8. The molecule has 0 fully saturated rings. The number of hydrogen-bond donors (Lipinski definition) is 1. The lowest BCUT2D eigenvalue weighted by Crippen LogP contribution is -2.32. The smallest absolute Gasteiger partial charge is 0.283 e. The van der Waals surface area contributed by atoms with Gasteiger partial charge in [0.1, 0.15) is 10.7 Å². The van der Waals surface area contributed by atoms with Gasteiger partial charge in [-0.05, 0) is 48.7 Å². The second-order valence-electron chi connectivity index (χ2n) is 5.74. The van der Waals surface area contributed by atoms with Gasteiger partial charge in [-0.1, -0.05) is 48.3 Å². The molecular formula is C19H16Cl2N2O2. The Bertz CT molecular complexity index is 889. The zero-order valence-corrected chi connectivity index (χ0v) is 15.3. The molecule has 25 heavy (non-hydrogen) atoms. The highest BCUT2D eigenvalue weighted by atomic mass is 35.5. The topological polar surface area (TPSA) is 49.4 Å². The molecule has 0 bridgehead atoms. The summed E-state index contributed by atoms with van der Waals surface area (Å²) >= 11 is 12.2. The Morgan fingerprint density at radius 3 is 2.32 bits per heavy atom. The molecule has 3 rings (SSSR count). The van der Waals surface area contributed by atoms with E-state index < -0.39 is 11.8 Å². The Hall–Kier alpha value is -2.30. The molecule has 1 aliphatic rings. The molecule has 6 heteroatoms. The predicted molar refractivity (Wildman–Crippen MR) is 101 cm³/mol. The molecule has 1 N–H and O–H groups in total. The van der Waals surface area contributed by atoms with E-state index in [0.29, 0.717) is 16.4 Å². The molecule has 1 aliphatic heterocycles. The van der Waals surface area contributed by atoms with Crippen molar-refractivity contribution in [2.24, 2.45) is 0 Å². The van der Waals surface area contributed by atoms with Gasteiger partial charge in [-0.3, -0.25) is 9.59 Å². The molecule has 4 nitrogen and oxygen atoms in total. The Labute approximate surface area is 156 Å². The van der Waals surface area contributed by atoms with Crippen molar-refractivity contribution >= 4 is 46.4 Å². The monoisotopic (exact) mass is 374 g/mol. The SMILES string of the molecule is CCc1ccc(NC2=C(Cl)C(=O)N(c3cc(Cl)ccc3C)C2=O)cc1. The van der Waals surface area contributed by atoms with Crippen LogP contribution >= 0.6 is 23.2 Å². The maximum absolute atomic E-state index is 12.8. The van der Waals surface area contributed by atoms with Gasteiger partial charge in [-0.2, -0.15) is 0 Å². The van der Waals surface area contributed by atoms with E-state index in [-0.39, 0.29) is 10.7 Å². The van der Waals surface area contributed by atoms with Crippen LogP contribution in [0.1, 0.15) is 18.1 Å². The van der Waals surface area contributed by atoms with Crippen LogP contribution in [-0.4, -0.2) is 11.8 Å². The maximum atomic E-state index is 12.8. The number of hydrogen-bond acceptors (Lipinski definition) is 3. The van der Waals surface area contributed by atoms with Crippen LogP contribution in [0.3, 0.4) is 0 Å². The number of carbonyl (C=O) groups excluding carboxylic acids is 2. The van der Waals surface area contributed by atoms with Gasteiger partial charge in [0.2, 0.25) is 0 Å². The van der Waals surface area contributed by atoms with E-state index in [9.17, 15) is 9.59 Å². The Balaban J connectivity index is 1.92. The minimum atomic E-state index is -0.565. The third-order valence-electron chi connectivity index (χ3n) is 4.07. The summed E-state index contributed by atoms with van der Waals surface area (Å²) < 4.78 is 0. The van der Waals surface area contributed by atoms with Crippen LogP contribution < -0.4 is 10.2 Å². The first kappa shape index (κ1) is 17.5. The number of amides is 2. The Kier molecular flexibility index (Phi) is 4.84. The molecule has 0 aromatic heterocycles. The van der Waals surface area contributed by atoms with Crippen LogP contribution in [0.5, 0.6) is 0 Å². The Morgan fingerprint density at radius 1 is 1.00 bits per heavy atom. The zero-order chi connectivity index (χ0) is 18.1. The molecule has 0 saturated heterocycles. The van der Waals surface area contributed by atoms with Crippen molar-refractivity contribution in [1.29, 1.82) is 0 Å². The van der Waals surface area contributed by atoms with Crippen LogP contribution in [0.15, 0.2) is 53.2 Å². The van der Waals surface area contributed by atoms with Crippen molar-refractivity contribution in [2.75, 3.05) is 10.2 Å². The molecule has 0 radical (unpaired) electrons. The van der Waals surface area contributed by atoms with E-state index in [2.05, 4.69) is 12.2 Å². The molecule has 128 valence electrons. The molecule has 2 aromatic rings. The van der Waals surface area contributed by atoms with Gasteiger partial charge in [-0.15, -0.1) is 0 Å². The summed E-state index contributed by atoms with van der Waals surface area (Å²) in [6.45, 7) is 3.86. The number of halogens is 2. The molecule has 0 saturated carbocycles. The standard InChI is InChI=1S/C19H16Cl2N2O2/c1-3-12-5-8-14(9-6-12)22-17-16(21)18(24)23(19(17)25)15-10-13(20)7-4-11(15)2/h4-10,22H,3H2,1-2H3. The highest BCUT2D eigenvalue weighted by Gasteiger charge is 2.39. The summed E-state index contributed by atoms with van der Waals surface area (Å²) in [6, 6.07) is 12.6. The van der Waals surface area contributed by atoms with Crippen molar-refractivity contribution in [1.82, 2.24) is 0 Å². The second-order valence-corrected chi connectivity index (χ2v) is 6.56. The molecule has 0 spiro atoms. The van der Waals surface area contributed by atoms with Gasteiger partial charge in [-0.25, -0.2) is 4.90 Å². The van der Waals surface area contributed by atoms with Gasteiger partial charge in [0.15, 0.2) is 0 Å². The van der Waals surface area contributed by atoms with Gasteiger partial charge in [0.05, 0.1) is 5.69 Å². The molecular weight excluding hydrogens is 359 g/mol. The molecule has 1 heterocycles. The first-order chi connectivity index (χ1) is 11.9. The summed E-state index contributed by atoms with van der Waals surface area (Å²) in [5, 5.41) is 3.26. The number of anilines is 2. The average Bonchev–Trinajstić information content (AvgIpc) is 2.81. The predicted octanol–water partition coefficient (Wildman–Crippen LogP) is 4.65. The van der Waals surface area contributed by atoms with Crippen molar-refractivity contribution in [3.63, 3.8) is 0 Å². The molecule has 0 unspecified atom stereocenters. The first-order valence-electron chi connectivity index (χ1n) is 7.83. The van der Waals surface area contributed by atoms with Crippen LogP contribution in [0.4, 0.5) is 11.4 Å². The lowest BCUT2D eigenvalue weighted by atomic mass is 10.1. The van der Waals surface area contributed by atoms with Crippen molar-refractivity contribution in [2.45, 2.75) is 20.3 Å². The number of nitrogens with one attached hydrogen (secondary N) is 1. The van der Waals surface area contributed by atoms with Gasteiger partial charge >= 0.3 is 0 Å². The molecule has 2 aromatic carbocycles. The highest BCUT2D eigenvalue weighted by molar-refractivity contribution is 6.53. The third kappa shape index (κ3) is 3.28. The van der Waals surface area contributed by atoms with Crippen LogP contribution in [0, 0.1) is 6.92 Å². The second kappa shape index (κ2) is 6.90. The van der Waals surface area contributed by atoms with Gasteiger partial charge < -0.3 is 5.32 Å². The van der Waals surface area contributed by atoms with Crippen LogP contribution in [0.2, 0.25) is 5.02 Å². The van der Waals surface area contributed by atoms with Crippen molar-refractivity contribution in [3.8, 4) is 0 Å². The fourth-order valence-corrected chi connectivity index (χ4v) is 3.00. The van der Waals surface area contributed by atoms with Crippen LogP contribution in [0.25, 0.3) is 0 Å². The summed E-state index contributed by atoms with van der Waals surface area (Å²) in [5.74, 6) is -1.07. The third-order valence-corrected chi connectivity index (χ3v) is 4.66. The largest absolute Gasteiger partial charge is 0.350 e. The summed E-state index contributed by atoms with van der Waals surface area (Å²) in [5.41, 5.74) is 3.12. The van der Waals surface area contributed by atoms with Crippen molar-refractivity contribution < 1.29 is 9.59 Å². The lowest BCUT2D eigenvalue weighted by molar-refractivity contribution is -0.120. The molecule has 0 atom stereocenters. The number of imide groups is 1. The number of carbonyl (C=O) groups is 2. The number of rotatable bonds is 4. The maximum Gasteiger partial charge on any atom is 0.283 e. The quantitative estimate of drug-likeness (QED) is 0.792. The molecule has 0 aliphatic carbocycles. The summed E-state index contributed by atoms with van der Waals surface area (Å²) in [4.78, 5) is 26.3. The van der Waals surface area contributed by atoms with E-state index in [4.69, 9.17) is 23.2 Å². The number of nitrogens with zero attached hydrogens (tertiary/aromatic N) is 1. The van der Waals surface area contributed by atoms with E-state index in [1.54, 1.807) is 25.1 Å². The first-order valence-corrected chi connectivity index (χ1v) is 8.58. The van der Waals surface area contributed by atoms with Crippen molar-refractivity contribution in [3.05, 3.63) is 69.3 Å². The number of benzene rings is 2. The van der Waals surface area contributed by atoms with Gasteiger partial charge in [0, 0.05) is 10.7 Å². The Morgan fingerprint density at radius 2 is 1.68 bits per heavy atom. The number of aryl methyl sites for hydroxylation is 2. The minimum absolute atomic E-state index is 0.0651. The molecule has 2 amide bonds. The lowest BCUT2D eigenvalue weighted by Gasteiger charge is -2.17. The fourth-order valence-electron chi connectivity index (χ4n) is 2.62. The van der Waals surface area contributed by atoms with E-state index in [1.807, 2.05) is 24.3 Å². The van der Waals surface area contributed by atoms with Crippen LogP contribution in [-0.2, 0) is 16.0 Å². The van der Waals surface area contributed by atoms with E-state index >= 15 is 0 Å². The summed E-state index contributed by atoms with van der Waals surface area (Å²) in [7, 11) is 0. The highest BCUT2D eigenvalue weighted by Crippen LogP contribution is 2.33. The summed E-state index contributed by atoms with van der Waals surface area (Å²) in [6.07, 6.45) is 0.920.